The molecule has 0 atom stereocenters. The Hall–Kier alpha value is -3.45. The summed E-state index contributed by atoms with van der Waals surface area (Å²) in [6.45, 7) is 7.82. The Morgan fingerprint density at radius 1 is 0.848 bits per heavy atom. The second kappa shape index (κ2) is 9.58. The number of rotatable bonds is 4. The van der Waals surface area contributed by atoms with Crippen molar-refractivity contribution in [3.05, 3.63) is 71.9 Å². The van der Waals surface area contributed by atoms with Gasteiger partial charge in [-0.3, -0.25) is 4.79 Å². The van der Waals surface area contributed by atoms with Gasteiger partial charge in [0.1, 0.15) is 11.4 Å². The van der Waals surface area contributed by atoms with E-state index in [1.807, 2.05) is 35.2 Å². The Labute approximate surface area is 194 Å². The van der Waals surface area contributed by atoms with Crippen molar-refractivity contribution in [2.75, 3.05) is 62.3 Å². The number of carbonyl (C=O) groups is 1. The van der Waals surface area contributed by atoms with Crippen LogP contribution < -0.4 is 9.80 Å². The van der Waals surface area contributed by atoms with Crippen LogP contribution in [0.1, 0.15) is 15.9 Å². The molecule has 1 amide bonds. The molecule has 2 aromatic carbocycles. The highest BCUT2D eigenvalue weighted by Crippen LogP contribution is 2.27. The Balaban J connectivity index is 1.44. The monoisotopic (exact) mass is 443 g/mol. The summed E-state index contributed by atoms with van der Waals surface area (Å²) in [6.07, 6.45) is 1.70. The van der Waals surface area contributed by atoms with E-state index in [-0.39, 0.29) is 5.91 Å². The van der Waals surface area contributed by atoms with Gasteiger partial charge in [0.05, 0.1) is 13.2 Å². The van der Waals surface area contributed by atoms with Gasteiger partial charge in [-0.1, -0.05) is 48.5 Å². The van der Waals surface area contributed by atoms with Crippen LogP contribution in [-0.2, 0) is 4.74 Å². The number of aryl methyl sites for hydroxylation is 1. The lowest BCUT2D eigenvalue weighted by atomic mass is 10.1. The molecule has 3 aromatic rings. The lowest BCUT2D eigenvalue weighted by Crippen LogP contribution is -2.48. The number of para-hydroxylation sites is 1. The van der Waals surface area contributed by atoms with Crippen molar-refractivity contribution in [1.82, 2.24) is 14.9 Å². The van der Waals surface area contributed by atoms with E-state index in [1.54, 1.807) is 6.20 Å². The molecule has 0 aliphatic carbocycles. The fourth-order valence-corrected chi connectivity index (χ4v) is 4.51. The molecular formula is C26H29N5O2. The highest BCUT2D eigenvalue weighted by Gasteiger charge is 2.28. The van der Waals surface area contributed by atoms with E-state index in [4.69, 9.17) is 9.72 Å². The van der Waals surface area contributed by atoms with Crippen LogP contribution in [-0.4, -0.2) is 73.3 Å². The fourth-order valence-electron chi connectivity index (χ4n) is 4.51. The van der Waals surface area contributed by atoms with Gasteiger partial charge >= 0.3 is 0 Å². The molecule has 2 fully saturated rings. The van der Waals surface area contributed by atoms with Gasteiger partial charge < -0.3 is 19.4 Å². The van der Waals surface area contributed by atoms with Gasteiger partial charge in [0.15, 0.2) is 5.82 Å². The summed E-state index contributed by atoms with van der Waals surface area (Å²) >= 11 is 0. The first-order valence-corrected chi connectivity index (χ1v) is 11.6. The van der Waals surface area contributed by atoms with Crippen LogP contribution >= 0.6 is 0 Å². The Morgan fingerprint density at radius 2 is 1.52 bits per heavy atom. The summed E-state index contributed by atoms with van der Waals surface area (Å²) in [5.74, 6) is 1.35. The van der Waals surface area contributed by atoms with E-state index in [9.17, 15) is 4.79 Å². The molecular weight excluding hydrogens is 414 g/mol. The van der Waals surface area contributed by atoms with Gasteiger partial charge in [-0.05, 0) is 18.6 Å². The second-order valence-electron chi connectivity index (χ2n) is 8.46. The first-order valence-electron chi connectivity index (χ1n) is 11.6. The maximum absolute atomic E-state index is 13.4. The lowest BCUT2D eigenvalue weighted by Gasteiger charge is -2.38. The Morgan fingerprint density at radius 3 is 2.24 bits per heavy atom. The third kappa shape index (κ3) is 4.54. The molecule has 0 radical (unpaired) electrons. The normalized spacial score (nSPS) is 16.7. The van der Waals surface area contributed by atoms with Crippen molar-refractivity contribution in [2.45, 2.75) is 6.92 Å². The summed E-state index contributed by atoms with van der Waals surface area (Å²) in [5.41, 5.74) is 4.07. The van der Waals surface area contributed by atoms with Gasteiger partial charge in [-0.15, -0.1) is 0 Å². The number of anilines is 2. The summed E-state index contributed by atoms with van der Waals surface area (Å²) in [7, 11) is 0. The number of nitrogens with zero attached hydrogens (tertiary/aromatic N) is 5. The van der Waals surface area contributed by atoms with Crippen molar-refractivity contribution in [2.24, 2.45) is 0 Å². The third-order valence-corrected chi connectivity index (χ3v) is 6.36. The minimum absolute atomic E-state index is 0.0192. The molecule has 3 heterocycles. The minimum Gasteiger partial charge on any atom is -0.378 e. The molecule has 0 unspecified atom stereocenters. The SMILES string of the molecule is Cc1ccccc1N1CCN(c2nc(-c3ccccc3)ncc2C(=O)N2CCOCC2)CC1. The van der Waals surface area contributed by atoms with E-state index < -0.39 is 0 Å². The number of morpholine rings is 1. The molecule has 5 rings (SSSR count). The molecule has 7 heteroatoms. The average Bonchev–Trinajstić information content (AvgIpc) is 2.89. The summed E-state index contributed by atoms with van der Waals surface area (Å²) < 4.78 is 5.43. The summed E-state index contributed by atoms with van der Waals surface area (Å²) in [6, 6.07) is 18.4. The van der Waals surface area contributed by atoms with Crippen LogP contribution in [0.5, 0.6) is 0 Å². The quantitative estimate of drug-likeness (QED) is 0.617. The third-order valence-electron chi connectivity index (χ3n) is 6.36. The van der Waals surface area contributed by atoms with E-state index >= 15 is 0 Å². The first kappa shape index (κ1) is 21.4. The van der Waals surface area contributed by atoms with Gasteiger partial charge in [0.2, 0.25) is 0 Å². The van der Waals surface area contributed by atoms with Gasteiger partial charge in [0.25, 0.3) is 5.91 Å². The zero-order valence-electron chi connectivity index (χ0n) is 19.0. The van der Waals surface area contributed by atoms with Crippen LogP contribution in [0.4, 0.5) is 11.5 Å². The highest BCUT2D eigenvalue weighted by molar-refractivity contribution is 5.99. The number of piperazine rings is 1. The number of hydrogen-bond donors (Lipinski definition) is 0. The van der Waals surface area contributed by atoms with Crippen LogP contribution in [0, 0.1) is 6.92 Å². The molecule has 0 saturated carbocycles. The lowest BCUT2D eigenvalue weighted by molar-refractivity contribution is 0.0302. The molecule has 0 spiro atoms. The predicted octanol–water partition coefficient (Wildman–Crippen LogP) is 3.25. The standard InChI is InChI=1S/C26H29N5O2/c1-20-7-5-6-10-23(20)29-11-13-30(14-12-29)25-22(26(32)31-15-17-33-18-16-31)19-27-24(28-25)21-8-3-2-4-9-21/h2-10,19H,11-18H2,1H3. The van der Waals surface area contributed by atoms with E-state index in [1.165, 1.54) is 11.3 Å². The number of aromatic nitrogens is 2. The molecule has 170 valence electrons. The molecule has 1 aromatic heterocycles. The number of ether oxygens (including phenoxy) is 1. The summed E-state index contributed by atoms with van der Waals surface area (Å²) in [4.78, 5) is 29.4. The smallest absolute Gasteiger partial charge is 0.259 e. The zero-order chi connectivity index (χ0) is 22.6. The van der Waals surface area contributed by atoms with Crippen molar-refractivity contribution < 1.29 is 9.53 Å². The minimum atomic E-state index is -0.0192. The number of carbonyl (C=O) groups excluding carboxylic acids is 1. The maximum Gasteiger partial charge on any atom is 0.259 e. The van der Waals surface area contributed by atoms with Gasteiger partial charge in [0, 0.05) is 56.7 Å². The van der Waals surface area contributed by atoms with Gasteiger partial charge in [-0.25, -0.2) is 9.97 Å². The summed E-state index contributed by atoms with van der Waals surface area (Å²) in [5, 5.41) is 0. The molecule has 33 heavy (non-hydrogen) atoms. The van der Waals surface area contributed by atoms with Crippen molar-refractivity contribution in [3.8, 4) is 11.4 Å². The molecule has 7 nitrogen and oxygen atoms in total. The van der Waals surface area contributed by atoms with Crippen molar-refractivity contribution >= 4 is 17.4 Å². The molecule has 2 aliphatic rings. The highest BCUT2D eigenvalue weighted by atomic mass is 16.5. The fraction of sp³-hybridized carbons (Fsp3) is 0.346. The van der Waals surface area contributed by atoms with Crippen LogP contribution in [0.25, 0.3) is 11.4 Å². The number of hydrogen-bond acceptors (Lipinski definition) is 6. The zero-order valence-corrected chi connectivity index (χ0v) is 19.0. The predicted molar refractivity (Wildman–Crippen MR) is 130 cm³/mol. The average molecular weight is 444 g/mol. The Kier molecular flexibility index (Phi) is 6.21. The van der Waals surface area contributed by atoms with Crippen LogP contribution in [0.15, 0.2) is 60.8 Å². The van der Waals surface area contributed by atoms with E-state index in [0.717, 1.165) is 37.6 Å². The molecule has 0 N–H and O–H groups in total. The molecule has 2 aliphatic heterocycles. The maximum atomic E-state index is 13.4. The van der Waals surface area contributed by atoms with Crippen molar-refractivity contribution in [1.29, 1.82) is 0 Å². The second-order valence-corrected chi connectivity index (χ2v) is 8.46. The van der Waals surface area contributed by atoms with E-state index in [0.29, 0.717) is 37.7 Å². The molecule has 2 saturated heterocycles. The first-order chi connectivity index (χ1) is 16.2. The topological polar surface area (TPSA) is 61.8 Å². The Bertz CT molecular complexity index is 1110. The number of amides is 1. The van der Waals surface area contributed by atoms with Gasteiger partial charge in [-0.2, -0.15) is 0 Å². The molecule has 0 bridgehead atoms. The number of benzene rings is 2. The van der Waals surface area contributed by atoms with E-state index in [2.05, 4.69) is 46.0 Å². The van der Waals surface area contributed by atoms with Crippen LogP contribution in [0.3, 0.4) is 0 Å². The largest absolute Gasteiger partial charge is 0.378 e. The van der Waals surface area contributed by atoms with Crippen LogP contribution in [0.2, 0.25) is 0 Å². The van der Waals surface area contributed by atoms with Crippen molar-refractivity contribution in [3.63, 3.8) is 0 Å².